The predicted molar refractivity (Wildman–Crippen MR) is 66.7 cm³/mol. The third-order valence-electron chi connectivity index (χ3n) is 2.16. The molecule has 4 heteroatoms. The third-order valence-corrected chi connectivity index (χ3v) is 2.50. The first-order valence-corrected chi connectivity index (χ1v) is 6.09. The topological polar surface area (TPSA) is 34.1 Å². The normalized spacial score (nSPS) is 10.6. The monoisotopic (exact) mass is 242 g/mol. The first-order chi connectivity index (χ1) is 7.84. The van der Waals surface area contributed by atoms with Crippen LogP contribution < -0.4 is 5.32 Å². The van der Waals surface area contributed by atoms with Crippen molar-refractivity contribution in [1.82, 2.24) is 10.3 Å². The van der Waals surface area contributed by atoms with Crippen LogP contribution in [0.2, 0.25) is 5.02 Å². The number of nitrogens with zero attached hydrogens (tertiary/aromatic N) is 1. The number of halogens is 1. The highest BCUT2D eigenvalue weighted by atomic mass is 35.5. The van der Waals surface area contributed by atoms with E-state index in [0.29, 0.717) is 0 Å². The first-order valence-electron chi connectivity index (χ1n) is 5.71. The van der Waals surface area contributed by atoms with Crippen LogP contribution in [0.4, 0.5) is 0 Å². The molecule has 0 aliphatic rings. The summed E-state index contributed by atoms with van der Waals surface area (Å²) in [5, 5.41) is 4.05. The Labute approximate surface area is 102 Å². The fraction of sp³-hybridized carbons (Fsp3) is 0.583. The Bertz CT molecular complexity index is 294. The summed E-state index contributed by atoms with van der Waals surface area (Å²) in [5.74, 6) is 0. The third kappa shape index (κ3) is 5.45. The van der Waals surface area contributed by atoms with Gasteiger partial charge in [0, 0.05) is 32.2 Å². The number of hydrogen-bond acceptors (Lipinski definition) is 3. The lowest BCUT2D eigenvalue weighted by Crippen LogP contribution is -2.16. The maximum Gasteiger partial charge on any atom is 0.0634 e. The smallest absolute Gasteiger partial charge is 0.0634 e. The minimum atomic E-state index is 0.720. The van der Waals surface area contributed by atoms with Gasteiger partial charge in [-0.25, -0.2) is 0 Å². The second-order valence-electron chi connectivity index (χ2n) is 3.61. The number of pyridine rings is 1. The quantitative estimate of drug-likeness (QED) is 0.712. The summed E-state index contributed by atoms with van der Waals surface area (Å²) < 4.78 is 5.38. The Hall–Kier alpha value is -0.640. The minimum absolute atomic E-state index is 0.720. The molecule has 0 bridgehead atoms. The lowest BCUT2D eigenvalue weighted by Gasteiger charge is -2.06. The van der Waals surface area contributed by atoms with Crippen molar-refractivity contribution in [3.05, 3.63) is 29.0 Å². The van der Waals surface area contributed by atoms with Crippen molar-refractivity contribution in [3.63, 3.8) is 0 Å². The van der Waals surface area contributed by atoms with E-state index in [0.717, 1.165) is 49.7 Å². The van der Waals surface area contributed by atoms with E-state index in [4.69, 9.17) is 16.3 Å². The van der Waals surface area contributed by atoms with Crippen LogP contribution in [0.1, 0.15) is 25.3 Å². The van der Waals surface area contributed by atoms with E-state index in [1.165, 1.54) is 0 Å². The van der Waals surface area contributed by atoms with Gasteiger partial charge in [-0.15, -0.1) is 0 Å². The molecule has 0 aromatic carbocycles. The predicted octanol–water partition coefficient (Wildman–Crippen LogP) is 2.64. The Morgan fingerprint density at radius 1 is 1.44 bits per heavy atom. The molecule has 0 amide bonds. The van der Waals surface area contributed by atoms with Gasteiger partial charge in [-0.05, 0) is 31.0 Å². The van der Waals surface area contributed by atoms with Gasteiger partial charge in [-0.2, -0.15) is 0 Å². The van der Waals surface area contributed by atoms with Crippen LogP contribution in [0.5, 0.6) is 0 Å². The standard InChI is InChI=1S/C12H19ClN2O/c1-2-7-16-8-3-5-14-9-11-4-6-15-10-12(11)13/h4,6,10,14H,2-3,5,7-9H2,1H3. The van der Waals surface area contributed by atoms with Crippen molar-refractivity contribution in [1.29, 1.82) is 0 Å². The molecule has 1 heterocycles. The van der Waals surface area contributed by atoms with Gasteiger partial charge >= 0.3 is 0 Å². The second-order valence-corrected chi connectivity index (χ2v) is 4.02. The Morgan fingerprint density at radius 2 is 2.31 bits per heavy atom. The number of rotatable bonds is 8. The van der Waals surface area contributed by atoms with E-state index in [2.05, 4.69) is 17.2 Å². The van der Waals surface area contributed by atoms with Crippen LogP contribution in [0.25, 0.3) is 0 Å². The highest BCUT2D eigenvalue weighted by Crippen LogP contribution is 2.12. The van der Waals surface area contributed by atoms with E-state index >= 15 is 0 Å². The summed E-state index contributed by atoms with van der Waals surface area (Å²) in [5.41, 5.74) is 1.09. The van der Waals surface area contributed by atoms with Gasteiger partial charge in [0.15, 0.2) is 0 Å². The van der Waals surface area contributed by atoms with Crippen molar-refractivity contribution in [2.24, 2.45) is 0 Å². The maximum absolute atomic E-state index is 5.98. The van der Waals surface area contributed by atoms with E-state index in [-0.39, 0.29) is 0 Å². The molecular formula is C12H19ClN2O. The number of ether oxygens (including phenoxy) is 1. The van der Waals surface area contributed by atoms with Gasteiger partial charge in [0.1, 0.15) is 0 Å². The average molecular weight is 243 g/mol. The van der Waals surface area contributed by atoms with Crippen LogP contribution in [-0.2, 0) is 11.3 Å². The number of hydrogen-bond donors (Lipinski definition) is 1. The zero-order chi connectivity index (χ0) is 11.6. The molecule has 1 N–H and O–H groups in total. The Morgan fingerprint density at radius 3 is 3.06 bits per heavy atom. The summed E-state index contributed by atoms with van der Waals surface area (Å²) in [6.07, 6.45) is 5.54. The summed E-state index contributed by atoms with van der Waals surface area (Å²) in [4.78, 5) is 3.94. The fourth-order valence-electron chi connectivity index (χ4n) is 1.32. The molecule has 0 fully saturated rings. The van der Waals surface area contributed by atoms with E-state index in [1.54, 1.807) is 12.4 Å². The van der Waals surface area contributed by atoms with Gasteiger partial charge in [-0.1, -0.05) is 18.5 Å². The summed E-state index contributed by atoms with van der Waals surface area (Å²) in [6, 6.07) is 1.93. The minimum Gasteiger partial charge on any atom is -0.381 e. The molecule has 0 aliphatic carbocycles. The van der Waals surface area contributed by atoms with Gasteiger partial charge in [0.2, 0.25) is 0 Å². The largest absolute Gasteiger partial charge is 0.381 e. The zero-order valence-electron chi connectivity index (χ0n) is 9.71. The summed E-state index contributed by atoms with van der Waals surface area (Å²) in [6.45, 7) is 5.53. The number of nitrogens with one attached hydrogen (secondary N) is 1. The lowest BCUT2D eigenvalue weighted by atomic mass is 10.2. The summed E-state index contributed by atoms with van der Waals surface area (Å²) in [7, 11) is 0. The molecule has 16 heavy (non-hydrogen) atoms. The Balaban J connectivity index is 2.05. The van der Waals surface area contributed by atoms with Crippen molar-refractivity contribution in [3.8, 4) is 0 Å². The van der Waals surface area contributed by atoms with Crippen molar-refractivity contribution in [2.75, 3.05) is 19.8 Å². The van der Waals surface area contributed by atoms with Crippen LogP contribution in [-0.4, -0.2) is 24.7 Å². The maximum atomic E-state index is 5.98. The van der Waals surface area contributed by atoms with Gasteiger partial charge in [0.05, 0.1) is 5.02 Å². The Kier molecular flexibility index (Phi) is 7.14. The molecule has 0 spiro atoms. The average Bonchev–Trinajstić information content (AvgIpc) is 2.30. The van der Waals surface area contributed by atoms with Gasteiger partial charge in [-0.3, -0.25) is 4.98 Å². The molecule has 3 nitrogen and oxygen atoms in total. The molecule has 1 aromatic heterocycles. The summed E-state index contributed by atoms with van der Waals surface area (Å²) >= 11 is 5.98. The molecule has 1 rings (SSSR count). The van der Waals surface area contributed by atoms with Crippen molar-refractivity contribution < 1.29 is 4.74 Å². The highest BCUT2D eigenvalue weighted by molar-refractivity contribution is 6.31. The highest BCUT2D eigenvalue weighted by Gasteiger charge is 1.98. The van der Waals surface area contributed by atoms with Crippen LogP contribution >= 0.6 is 11.6 Å². The first kappa shape index (κ1) is 13.4. The van der Waals surface area contributed by atoms with Crippen LogP contribution in [0, 0.1) is 0 Å². The molecule has 0 atom stereocenters. The van der Waals surface area contributed by atoms with Gasteiger partial charge < -0.3 is 10.1 Å². The van der Waals surface area contributed by atoms with Gasteiger partial charge in [0.25, 0.3) is 0 Å². The molecule has 0 saturated carbocycles. The number of aromatic nitrogens is 1. The molecule has 0 radical (unpaired) electrons. The second kappa shape index (κ2) is 8.50. The van der Waals surface area contributed by atoms with Crippen LogP contribution in [0.15, 0.2) is 18.5 Å². The molecule has 0 aliphatic heterocycles. The van der Waals surface area contributed by atoms with Crippen molar-refractivity contribution in [2.45, 2.75) is 26.3 Å². The zero-order valence-corrected chi connectivity index (χ0v) is 10.5. The van der Waals surface area contributed by atoms with Crippen LogP contribution in [0.3, 0.4) is 0 Å². The molecule has 0 unspecified atom stereocenters. The molecule has 0 saturated heterocycles. The van der Waals surface area contributed by atoms with E-state index in [1.807, 2.05) is 6.07 Å². The van der Waals surface area contributed by atoms with Crippen molar-refractivity contribution >= 4 is 11.6 Å². The molecular weight excluding hydrogens is 224 g/mol. The van der Waals surface area contributed by atoms with E-state index < -0.39 is 0 Å². The lowest BCUT2D eigenvalue weighted by molar-refractivity contribution is 0.132. The fourth-order valence-corrected chi connectivity index (χ4v) is 1.50. The SMILES string of the molecule is CCCOCCCNCc1ccncc1Cl. The molecule has 1 aromatic rings. The van der Waals surface area contributed by atoms with E-state index in [9.17, 15) is 0 Å². The molecule has 90 valence electrons.